The van der Waals surface area contributed by atoms with Crippen LogP contribution in [0, 0.1) is 5.82 Å². The third-order valence-corrected chi connectivity index (χ3v) is 3.98. The highest BCUT2D eigenvalue weighted by molar-refractivity contribution is 6.31. The fourth-order valence-corrected chi connectivity index (χ4v) is 2.56. The van der Waals surface area contributed by atoms with Crippen molar-refractivity contribution in [1.29, 1.82) is 0 Å². The lowest BCUT2D eigenvalue weighted by molar-refractivity contribution is 0.102. The summed E-state index contributed by atoms with van der Waals surface area (Å²) in [6, 6.07) is 13.7. The number of carbonyl (C=O) groups excluding carboxylic acids is 1. The van der Waals surface area contributed by atoms with Crippen molar-refractivity contribution in [3.63, 3.8) is 0 Å². The Balaban J connectivity index is 1.86. The molecule has 1 heterocycles. The second-order valence-electron chi connectivity index (χ2n) is 5.21. The lowest BCUT2D eigenvalue weighted by Crippen LogP contribution is -2.13. The van der Waals surface area contributed by atoms with E-state index in [0.29, 0.717) is 21.2 Å². The zero-order chi connectivity index (χ0) is 18.0. The van der Waals surface area contributed by atoms with E-state index in [4.69, 9.17) is 28.9 Å². The highest BCUT2D eigenvalue weighted by Crippen LogP contribution is 2.30. The van der Waals surface area contributed by atoms with Crippen molar-refractivity contribution in [2.24, 2.45) is 0 Å². The predicted molar refractivity (Wildman–Crippen MR) is 98.5 cm³/mol. The van der Waals surface area contributed by atoms with Crippen molar-refractivity contribution in [2.75, 3.05) is 11.1 Å². The zero-order valence-electron chi connectivity index (χ0n) is 12.8. The minimum Gasteiger partial charge on any atom is -0.383 e. The minimum atomic E-state index is -0.462. The zero-order valence-corrected chi connectivity index (χ0v) is 14.3. The van der Waals surface area contributed by atoms with Gasteiger partial charge in [-0.3, -0.25) is 4.79 Å². The molecule has 0 aliphatic heterocycles. The molecule has 0 spiro atoms. The van der Waals surface area contributed by atoms with Crippen molar-refractivity contribution in [3.05, 3.63) is 76.0 Å². The van der Waals surface area contributed by atoms with Gasteiger partial charge in [0.15, 0.2) is 0 Å². The van der Waals surface area contributed by atoms with Crippen LogP contribution in [0.2, 0.25) is 10.0 Å². The molecule has 1 aromatic heterocycles. The minimum absolute atomic E-state index is 0.0788. The molecule has 0 bridgehead atoms. The largest absolute Gasteiger partial charge is 0.383 e. The van der Waals surface area contributed by atoms with Gasteiger partial charge in [-0.25, -0.2) is 9.37 Å². The summed E-state index contributed by atoms with van der Waals surface area (Å²) in [4.78, 5) is 16.3. The van der Waals surface area contributed by atoms with E-state index in [2.05, 4.69) is 10.3 Å². The van der Waals surface area contributed by atoms with Crippen LogP contribution in [0.5, 0.6) is 0 Å². The van der Waals surface area contributed by atoms with Crippen molar-refractivity contribution in [2.45, 2.75) is 0 Å². The number of halogens is 3. The van der Waals surface area contributed by atoms with Crippen LogP contribution >= 0.6 is 23.2 Å². The molecule has 7 heteroatoms. The number of aromatic nitrogens is 1. The first-order chi connectivity index (χ1) is 11.9. The molecule has 25 heavy (non-hydrogen) atoms. The molecule has 4 nitrogen and oxygen atoms in total. The standard InChI is InChI=1S/C18H12Cl2FN3O/c19-11-3-1-10(2-4-11)18(25)24-16-8-6-13(17(22)23-16)14-9-12(20)5-7-15(14)21/h1-9H,(H3,22,23,24,25). The van der Waals surface area contributed by atoms with Crippen LogP contribution in [-0.4, -0.2) is 10.9 Å². The molecule has 3 N–H and O–H groups in total. The normalized spacial score (nSPS) is 10.5. The molecule has 0 saturated heterocycles. The second kappa shape index (κ2) is 7.09. The maximum atomic E-state index is 14.0. The lowest BCUT2D eigenvalue weighted by atomic mass is 10.1. The molecule has 0 aliphatic carbocycles. The number of hydrogen-bond donors (Lipinski definition) is 2. The van der Waals surface area contributed by atoms with Gasteiger partial charge in [0.1, 0.15) is 17.5 Å². The number of hydrogen-bond acceptors (Lipinski definition) is 3. The number of amides is 1. The molecule has 1 amide bonds. The van der Waals surface area contributed by atoms with Gasteiger partial charge < -0.3 is 11.1 Å². The van der Waals surface area contributed by atoms with E-state index < -0.39 is 5.82 Å². The van der Waals surface area contributed by atoms with E-state index >= 15 is 0 Å². The molecule has 0 saturated carbocycles. The summed E-state index contributed by atoms with van der Waals surface area (Å²) < 4.78 is 14.0. The molecular formula is C18H12Cl2FN3O. The van der Waals surface area contributed by atoms with E-state index in [0.717, 1.165) is 0 Å². The summed E-state index contributed by atoms with van der Waals surface area (Å²) in [5, 5.41) is 3.55. The SMILES string of the molecule is Nc1nc(NC(=O)c2ccc(Cl)cc2)ccc1-c1cc(Cl)ccc1F. The van der Waals surface area contributed by atoms with Gasteiger partial charge in [0.25, 0.3) is 5.91 Å². The summed E-state index contributed by atoms with van der Waals surface area (Å²) in [6.07, 6.45) is 0. The Hall–Kier alpha value is -2.63. The third-order valence-electron chi connectivity index (χ3n) is 3.49. The highest BCUT2D eigenvalue weighted by Gasteiger charge is 2.12. The summed E-state index contributed by atoms with van der Waals surface area (Å²) in [6.45, 7) is 0. The first-order valence-corrected chi connectivity index (χ1v) is 7.98. The van der Waals surface area contributed by atoms with Crippen LogP contribution in [0.15, 0.2) is 54.6 Å². The van der Waals surface area contributed by atoms with E-state index in [9.17, 15) is 9.18 Å². The van der Waals surface area contributed by atoms with Gasteiger partial charge >= 0.3 is 0 Å². The number of carbonyl (C=O) groups is 1. The van der Waals surface area contributed by atoms with Crippen LogP contribution in [0.4, 0.5) is 16.0 Å². The van der Waals surface area contributed by atoms with Gasteiger partial charge in [-0.2, -0.15) is 0 Å². The Kier molecular flexibility index (Phi) is 4.88. The number of benzene rings is 2. The lowest BCUT2D eigenvalue weighted by Gasteiger charge is -2.10. The number of rotatable bonds is 3. The molecule has 0 aliphatic rings. The molecule has 0 radical (unpaired) electrons. The summed E-state index contributed by atoms with van der Waals surface area (Å²) >= 11 is 11.7. The molecule has 0 atom stereocenters. The third kappa shape index (κ3) is 3.90. The number of nitrogens with one attached hydrogen (secondary N) is 1. The average Bonchev–Trinajstić information content (AvgIpc) is 2.58. The van der Waals surface area contributed by atoms with Gasteiger partial charge in [0, 0.05) is 26.7 Å². The first-order valence-electron chi connectivity index (χ1n) is 7.23. The molecule has 0 fully saturated rings. The number of anilines is 2. The van der Waals surface area contributed by atoms with Gasteiger partial charge in [0.2, 0.25) is 0 Å². The molecule has 126 valence electrons. The van der Waals surface area contributed by atoms with Crippen molar-refractivity contribution in [1.82, 2.24) is 4.98 Å². The van der Waals surface area contributed by atoms with Crippen molar-refractivity contribution < 1.29 is 9.18 Å². The number of nitrogens with two attached hydrogens (primary N) is 1. The average molecular weight is 376 g/mol. The van der Waals surface area contributed by atoms with Crippen LogP contribution in [0.3, 0.4) is 0 Å². The van der Waals surface area contributed by atoms with Crippen molar-refractivity contribution in [3.8, 4) is 11.1 Å². The van der Waals surface area contributed by atoms with Crippen LogP contribution in [0.1, 0.15) is 10.4 Å². The number of nitrogens with zero attached hydrogens (tertiary/aromatic N) is 1. The molecule has 3 rings (SSSR count). The Morgan fingerprint density at radius 3 is 2.32 bits per heavy atom. The van der Waals surface area contributed by atoms with Crippen molar-refractivity contribution >= 4 is 40.7 Å². The van der Waals surface area contributed by atoms with E-state index in [1.165, 1.54) is 18.2 Å². The number of pyridine rings is 1. The molecular weight excluding hydrogens is 364 g/mol. The highest BCUT2D eigenvalue weighted by atomic mass is 35.5. The topological polar surface area (TPSA) is 68.0 Å². The van der Waals surface area contributed by atoms with Crippen LogP contribution in [-0.2, 0) is 0 Å². The maximum absolute atomic E-state index is 14.0. The Labute approximate surface area is 153 Å². The first kappa shape index (κ1) is 17.2. The van der Waals surface area contributed by atoms with Crippen LogP contribution < -0.4 is 11.1 Å². The quantitative estimate of drug-likeness (QED) is 0.674. The Morgan fingerprint density at radius 1 is 0.960 bits per heavy atom. The summed E-state index contributed by atoms with van der Waals surface area (Å²) in [7, 11) is 0. The van der Waals surface area contributed by atoms with E-state index in [1.54, 1.807) is 36.4 Å². The Morgan fingerprint density at radius 2 is 1.64 bits per heavy atom. The fourth-order valence-electron chi connectivity index (χ4n) is 2.27. The Bertz CT molecular complexity index is 946. The van der Waals surface area contributed by atoms with E-state index in [-0.39, 0.29) is 23.1 Å². The summed E-state index contributed by atoms with van der Waals surface area (Å²) in [5.41, 5.74) is 6.98. The van der Waals surface area contributed by atoms with Gasteiger partial charge in [-0.1, -0.05) is 23.2 Å². The maximum Gasteiger partial charge on any atom is 0.256 e. The molecule has 0 unspecified atom stereocenters. The second-order valence-corrected chi connectivity index (χ2v) is 6.09. The van der Waals surface area contributed by atoms with Gasteiger partial charge in [-0.15, -0.1) is 0 Å². The van der Waals surface area contributed by atoms with E-state index in [1.807, 2.05) is 0 Å². The number of nitrogen functional groups attached to an aromatic ring is 1. The predicted octanol–water partition coefficient (Wildman–Crippen LogP) is 5.03. The smallest absolute Gasteiger partial charge is 0.256 e. The van der Waals surface area contributed by atoms with Crippen LogP contribution in [0.25, 0.3) is 11.1 Å². The molecule has 3 aromatic rings. The summed E-state index contributed by atoms with van der Waals surface area (Å²) in [5.74, 6) is -0.486. The molecule has 2 aromatic carbocycles. The van der Waals surface area contributed by atoms with Gasteiger partial charge in [-0.05, 0) is 54.6 Å². The van der Waals surface area contributed by atoms with Gasteiger partial charge in [0.05, 0.1) is 0 Å². The monoisotopic (exact) mass is 375 g/mol. The fraction of sp³-hybridized carbons (Fsp3) is 0.